The SMILES string of the molecule is CC1(C)CC(=O)C2=C(C1)N(C1CC1)C1=C(C(=O)CC(C)(C)C1)C2c1ccccc1Cl. The van der Waals surface area contributed by atoms with Gasteiger partial charge in [0.25, 0.3) is 0 Å². The van der Waals surface area contributed by atoms with Crippen LogP contribution in [0.5, 0.6) is 0 Å². The second kappa shape index (κ2) is 6.56. The van der Waals surface area contributed by atoms with Crippen LogP contribution in [0.2, 0.25) is 5.02 Å². The molecule has 0 unspecified atom stereocenters. The highest BCUT2D eigenvalue weighted by atomic mass is 35.5. The zero-order valence-corrected chi connectivity index (χ0v) is 19.1. The van der Waals surface area contributed by atoms with Gasteiger partial charge < -0.3 is 4.90 Å². The molecule has 1 aromatic carbocycles. The zero-order chi connectivity index (χ0) is 21.4. The van der Waals surface area contributed by atoms with Gasteiger partial charge in [-0.15, -0.1) is 0 Å². The summed E-state index contributed by atoms with van der Waals surface area (Å²) in [5.41, 5.74) is 4.75. The summed E-state index contributed by atoms with van der Waals surface area (Å²) in [4.78, 5) is 29.6. The molecular weight excluding hydrogens is 394 g/mol. The van der Waals surface area contributed by atoms with Crippen LogP contribution in [0.3, 0.4) is 0 Å². The van der Waals surface area contributed by atoms with Gasteiger partial charge in [0.2, 0.25) is 0 Å². The van der Waals surface area contributed by atoms with Crippen LogP contribution in [-0.4, -0.2) is 22.5 Å². The van der Waals surface area contributed by atoms with E-state index in [0.717, 1.165) is 53.8 Å². The molecule has 0 bridgehead atoms. The van der Waals surface area contributed by atoms with Crippen molar-refractivity contribution in [2.24, 2.45) is 10.8 Å². The second-order valence-corrected chi connectivity index (χ2v) is 11.6. The molecule has 1 aromatic rings. The maximum Gasteiger partial charge on any atom is 0.162 e. The quantitative estimate of drug-likeness (QED) is 0.569. The van der Waals surface area contributed by atoms with Crippen LogP contribution in [0.1, 0.15) is 77.7 Å². The molecule has 30 heavy (non-hydrogen) atoms. The average Bonchev–Trinajstić information content (AvgIpc) is 3.43. The number of halogens is 1. The van der Waals surface area contributed by atoms with Crippen molar-refractivity contribution in [3.63, 3.8) is 0 Å². The predicted molar refractivity (Wildman–Crippen MR) is 119 cm³/mol. The summed E-state index contributed by atoms with van der Waals surface area (Å²) in [6.45, 7) is 8.74. The van der Waals surface area contributed by atoms with Gasteiger partial charge in [-0.1, -0.05) is 57.5 Å². The van der Waals surface area contributed by atoms with E-state index in [2.05, 4.69) is 32.6 Å². The second-order valence-electron chi connectivity index (χ2n) is 11.2. The summed E-state index contributed by atoms with van der Waals surface area (Å²) in [6.07, 6.45) is 5.05. The molecule has 0 spiro atoms. The number of hydrogen-bond donors (Lipinski definition) is 0. The Bertz CT molecular complexity index is 971. The lowest BCUT2D eigenvalue weighted by Gasteiger charge is -2.49. The molecule has 0 aromatic heterocycles. The van der Waals surface area contributed by atoms with Crippen molar-refractivity contribution in [1.29, 1.82) is 0 Å². The summed E-state index contributed by atoms with van der Waals surface area (Å²) in [7, 11) is 0. The smallest absolute Gasteiger partial charge is 0.162 e. The van der Waals surface area contributed by atoms with E-state index in [9.17, 15) is 9.59 Å². The van der Waals surface area contributed by atoms with Crippen LogP contribution in [0.4, 0.5) is 0 Å². The van der Waals surface area contributed by atoms with Gasteiger partial charge in [-0.05, 0) is 48.1 Å². The van der Waals surface area contributed by atoms with E-state index in [0.29, 0.717) is 23.9 Å². The van der Waals surface area contributed by atoms with E-state index < -0.39 is 0 Å². The number of ketones is 2. The maximum atomic E-state index is 13.6. The number of nitrogens with zero attached hydrogens (tertiary/aromatic N) is 1. The third kappa shape index (κ3) is 3.17. The van der Waals surface area contributed by atoms with Crippen molar-refractivity contribution in [3.8, 4) is 0 Å². The molecule has 158 valence electrons. The first-order valence-electron chi connectivity index (χ1n) is 11.1. The lowest BCUT2D eigenvalue weighted by Crippen LogP contribution is -2.45. The Morgan fingerprint density at radius 2 is 1.33 bits per heavy atom. The topological polar surface area (TPSA) is 37.4 Å². The Labute approximate surface area is 184 Å². The molecule has 0 amide bonds. The predicted octanol–water partition coefficient (Wildman–Crippen LogP) is 6.19. The number of hydrogen-bond acceptors (Lipinski definition) is 3. The van der Waals surface area contributed by atoms with Crippen LogP contribution >= 0.6 is 11.6 Å². The minimum atomic E-state index is -0.328. The highest BCUT2D eigenvalue weighted by Crippen LogP contribution is 2.57. The Hall–Kier alpha value is -1.87. The van der Waals surface area contributed by atoms with Crippen LogP contribution in [-0.2, 0) is 9.59 Å². The van der Waals surface area contributed by atoms with Gasteiger partial charge in [-0.25, -0.2) is 0 Å². The number of carbonyl (C=O) groups excluding carboxylic acids is 2. The first kappa shape index (κ1) is 20.1. The number of benzene rings is 1. The molecule has 5 rings (SSSR count). The molecule has 3 nitrogen and oxygen atoms in total. The van der Waals surface area contributed by atoms with Gasteiger partial charge in [0.1, 0.15) is 0 Å². The highest BCUT2D eigenvalue weighted by Gasteiger charge is 2.51. The molecule has 0 saturated heterocycles. The van der Waals surface area contributed by atoms with Crippen LogP contribution in [0, 0.1) is 10.8 Å². The molecule has 0 N–H and O–H groups in total. The minimum absolute atomic E-state index is 0.0691. The lowest BCUT2D eigenvalue weighted by molar-refractivity contribution is -0.119. The van der Waals surface area contributed by atoms with E-state index in [-0.39, 0.29) is 28.3 Å². The van der Waals surface area contributed by atoms with E-state index in [1.807, 2.05) is 24.3 Å². The molecule has 1 fully saturated rings. The first-order chi connectivity index (χ1) is 14.1. The number of allylic oxidation sites excluding steroid dienone is 4. The molecule has 0 atom stereocenters. The van der Waals surface area contributed by atoms with Crippen molar-refractivity contribution in [2.45, 2.75) is 78.2 Å². The fraction of sp³-hybridized carbons (Fsp3) is 0.538. The third-order valence-corrected chi connectivity index (χ3v) is 7.42. The summed E-state index contributed by atoms with van der Waals surface area (Å²) < 4.78 is 0. The van der Waals surface area contributed by atoms with Gasteiger partial charge in [0.15, 0.2) is 11.6 Å². The van der Waals surface area contributed by atoms with Gasteiger partial charge in [-0.2, -0.15) is 0 Å². The van der Waals surface area contributed by atoms with Gasteiger partial charge in [-0.3, -0.25) is 9.59 Å². The van der Waals surface area contributed by atoms with Gasteiger partial charge in [0.05, 0.1) is 0 Å². The fourth-order valence-electron chi connectivity index (χ4n) is 5.79. The van der Waals surface area contributed by atoms with Crippen LogP contribution in [0.15, 0.2) is 46.8 Å². The van der Waals surface area contributed by atoms with Gasteiger partial charge in [0, 0.05) is 52.4 Å². The summed E-state index contributed by atoms with van der Waals surface area (Å²) >= 11 is 6.66. The van der Waals surface area contributed by atoms with Crippen LogP contribution in [0.25, 0.3) is 0 Å². The van der Waals surface area contributed by atoms with E-state index in [4.69, 9.17) is 11.6 Å². The van der Waals surface area contributed by atoms with Crippen molar-refractivity contribution in [3.05, 3.63) is 57.4 Å². The minimum Gasteiger partial charge on any atom is -0.345 e. The average molecular weight is 424 g/mol. The maximum absolute atomic E-state index is 13.6. The molecule has 1 aliphatic heterocycles. The van der Waals surface area contributed by atoms with Crippen LogP contribution < -0.4 is 0 Å². The largest absolute Gasteiger partial charge is 0.345 e. The van der Waals surface area contributed by atoms with E-state index >= 15 is 0 Å². The van der Waals surface area contributed by atoms with E-state index in [1.54, 1.807) is 0 Å². The van der Waals surface area contributed by atoms with E-state index in [1.165, 1.54) is 0 Å². The van der Waals surface area contributed by atoms with Crippen molar-refractivity contribution in [2.75, 3.05) is 0 Å². The molecule has 4 heteroatoms. The number of Topliss-reactive ketones (excluding diaryl/α,β-unsaturated/α-hetero) is 2. The Balaban J connectivity index is 1.79. The molecule has 4 aliphatic rings. The zero-order valence-electron chi connectivity index (χ0n) is 18.3. The molecule has 1 saturated carbocycles. The monoisotopic (exact) mass is 423 g/mol. The number of rotatable bonds is 2. The lowest BCUT2D eigenvalue weighted by atomic mass is 9.63. The normalized spacial score (nSPS) is 26.1. The highest BCUT2D eigenvalue weighted by molar-refractivity contribution is 6.31. The molecule has 0 radical (unpaired) electrons. The first-order valence-corrected chi connectivity index (χ1v) is 11.5. The Morgan fingerprint density at radius 3 is 1.80 bits per heavy atom. The Morgan fingerprint density at radius 1 is 0.833 bits per heavy atom. The molecule has 3 aliphatic carbocycles. The number of carbonyl (C=O) groups is 2. The summed E-state index contributed by atoms with van der Waals surface area (Å²) in [5.74, 6) is 0.0351. The fourth-order valence-corrected chi connectivity index (χ4v) is 6.03. The van der Waals surface area contributed by atoms with Crippen molar-refractivity contribution in [1.82, 2.24) is 4.90 Å². The Kier molecular flexibility index (Phi) is 4.39. The summed E-state index contributed by atoms with van der Waals surface area (Å²) in [6, 6.07) is 8.17. The standard InChI is InChI=1S/C26H30ClNO2/c1-25(2)11-18-23(20(29)13-25)22(16-7-5-6-8-17(16)27)24-19(28(18)15-9-10-15)12-26(3,4)14-21(24)30/h5-8,15,22H,9-14H2,1-4H3. The molecule has 1 heterocycles. The summed E-state index contributed by atoms with van der Waals surface area (Å²) in [5, 5.41) is 0.635. The third-order valence-electron chi connectivity index (χ3n) is 7.08. The van der Waals surface area contributed by atoms with Gasteiger partial charge >= 0.3 is 0 Å². The van der Waals surface area contributed by atoms with Crippen molar-refractivity contribution >= 4 is 23.2 Å². The van der Waals surface area contributed by atoms with Crippen molar-refractivity contribution < 1.29 is 9.59 Å². The molecular formula is C26H30ClNO2.